The number of nitrogens with one attached hydrogen (secondary N) is 1. The van der Waals surface area contributed by atoms with Crippen molar-refractivity contribution in [2.24, 2.45) is 0 Å². The minimum absolute atomic E-state index is 0.0393. The summed E-state index contributed by atoms with van der Waals surface area (Å²) in [6.07, 6.45) is 0. The van der Waals surface area contributed by atoms with Gasteiger partial charge in [0.05, 0.1) is 11.5 Å². The van der Waals surface area contributed by atoms with Gasteiger partial charge in [-0.1, -0.05) is 11.6 Å². The zero-order valence-electron chi connectivity index (χ0n) is 8.90. The number of rotatable bonds is 6. The monoisotopic (exact) mass is 244 g/mol. The van der Waals surface area contributed by atoms with E-state index in [2.05, 4.69) is 5.32 Å². The topological polar surface area (TPSA) is 64.4 Å². The lowest BCUT2D eigenvalue weighted by Crippen LogP contribution is -2.19. The van der Waals surface area contributed by atoms with Crippen LogP contribution in [0.1, 0.15) is 5.56 Å². The average Bonchev–Trinajstić information content (AvgIpc) is 2.26. The molecular weight excluding hydrogens is 232 g/mol. The molecule has 0 aromatic heterocycles. The highest BCUT2D eigenvalue weighted by Gasteiger charge is 2.13. The van der Waals surface area contributed by atoms with Gasteiger partial charge in [0.2, 0.25) is 0 Å². The van der Waals surface area contributed by atoms with Gasteiger partial charge in [-0.05, 0) is 12.1 Å². The highest BCUT2D eigenvalue weighted by molar-refractivity contribution is 6.30. The van der Waals surface area contributed by atoms with Crippen molar-refractivity contribution in [2.45, 2.75) is 6.54 Å². The minimum atomic E-state index is -0.431. The highest BCUT2D eigenvalue weighted by Crippen LogP contribution is 2.22. The van der Waals surface area contributed by atoms with Crippen LogP contribution in [-0.4, -0.2) is 25.2 Å². The molecule has 0 saturated carbocycles. The lowest BCUT2D eigenvalue weighted by Gasteiger charge is -2.05. The summed E-state index contributed by atoms with van der Waals surface area (Å²) in [7, 11) is 1.60. The maximum atomic E-state index is 10.8. The number of benzene rings is 1. The summed E-state index contributed by atoms with van der Waals surface area (Å²) in [4.78, 5) is 10.3. The second-order valence-electron chi connectivity index (χ2n) is 3.20. The van der Waals surface area contributed by atoms with Crippen molar-refractivity contribution in [1.29, 1.82) is 0 Å². The van der Waals surface area contributed by atoms with Gasteiger partial charge in [-0.25, -0.2) is 0 Å². The molecule has 0 spiro atoms. The second kappa shape index (κ2) is 6.42. The summed E-state index contributed by atoms with van der Waals surface area (Å²) in [6.45, 7) is 1.65. The van der Waals surface area contributed by atoms with E-state index in [1.54, 1.807) is 19.2 Å². The van der Waals surface area contributed by atoms with Crippen LogP contribution < -0.4 is 5.32 Å². The Balaban J connectivity index is 2.67. The van der Waals surface area contributed by atoms with Crippen LogP contribution in [0.25, 0.3) is 0 Å². The Morgan fingerprint density at radius 3 is 2.94 bits per heavy atom. The van der Waals surface area contributed by atoms with E-state index < -0.39 is 4.92 Å². The van der Waals surface area contributed by atoms with Crippen LogP contribution >= 0.6 is 11.6 Å². The van der Waals surface area contributed by atoms with E-state index in [-0.39, 0.29) is 5.69 Å². The van der Waals surface area contributed by atoms with Crippen LogP contribution in [0.5, 0.6) is 0 Å². The molecule has 0 aliphatic carbocycles. The fourth-order valence-corrected chi connectivity index (χ4v) is 1.42. The van der Waals surface area contributed by atoms with Crippen molar-refractivity contribution in [3.63, 3.8) is 0 Å². The van der Waals surface area contributed by atoms with Crippen molar-refractivity contribution in [2.75, 3.05) is 20.3 Å². The minimum Gasteiger partial charge on any atom is -0.383 e. The maximum Gasteiger partial charge on any atom is 0.275 e. The standard InChI is InChI=1S/C10H13ClN2O3/c1-16-5-4-12-7-8-2-3-9(11)6-10(8)13(14)15/h2-3,6,12H,4-5,7H2,1H3. The smallest absolute Gasteiger partial charge is 0.275 e. The van der Waals surface area contributed by atoms with Crippen molar-refractivity contribution < 1.29 is 9.66 Å². The first-order valence-electron chi connectivity index (χ1n) is 4.77. The van der Waals surface area contributed by atoms with Gasteiger partial charge in [0.1, 0.15) is 0 Å². The van der Waals surface area contributed by atoms with Crippen LogP contribution in [-0.2, 0) is 11.3 Å². The summed E-state index contributed by atoms with van der Waals surface area (Å²) in [6, 6.07) is 4.65. The first-order chi connectivity index (χ1) is 7.65. The van der Waals surface area contributed by atoms with Crippen LogP contribution in [0.4, 0.5) is 5.69 Å². The SMILES string of the molecule is COCCNCc1ccc(Cl)cc1[N+](=O)[O-]. The number of nitro benzene ring substituents is 1. The fraction of sp³-hybridized carbons (Fsp3) is 0.400. The Hall–Kier alpha value is -1.17. The van der Waals surface area contributed by atoms with Crippen molar-refractivity contribution in [3.8, 4) is 0 Å². The molecular formula is C10H13ClN2O3. The molecule has 0 unspecified atom stereocenters. The molecule has 0 radical (unpaired) electrons. The summed E-state index contributed by atoms with van der Waals surface area (Å²) >= 11 is 5.70. The lowest BCUT2D eigenvalue weighted by molar-refractivity contribution is -0.385. The molecule has 0 fully saturated rings. The van der Waals surface area contributed by atoms with E-state index >= 15 is 0 Å². The van der Waals surface area contributed by atoms with E-state index in [0.717, 1.165) is 0 Å². The van der Waals surface area contributed by atoms with Gasteiger partial charge in [0.15, 0.2) is 0 Å². The maximum absolute atomic E-state index is 10.8. The number of halogens is 1. The highest BCUT2D eigenvalue weighted by atomic mass is 35.5. The lowest BCUT2D eigenvalue weighted by atomic mass is 10.2. The third-order valence-electron chi connectivity index (χ3n) is 2.04. The van der Waals surface area contributed by atoms with Crippen LogP contribution in [0.15, 0.2) is 18.2 Å². The Kier molecular flexibility index (Phi) is 5.18. The Bertz CT molecular complexity index is 371. The molecule has 6 heteroatoms. The van der Waals surface area contributed by atoms with Crippen LogP contribution in [0.3, 0.4) is 0 Å². The zero-order valence-corrected chi connectivity index (χ0v) is 9.66. The number of ether oxygens (including phenoxy) is 1. The molecule has 1 rings (SSSR count). The third kappa shape index (κ3) is 3.77. The molecule has 0 atom stereocenters. The Morgan fingerprint density at radius 1 is 1.56 bits per heavy atom. The number of hydrogen-bond donors (Lipinski definition) is 1. The predicted molar refractivity (Wildman–Crippen MR) is 61.7 cm³/mol. The van der Waals surface area contributed by atoms with Gasteiger partial charge in [0, 0.05) is 36.9 Å². The van der Waals surface area contributed by atoms with Gasteiger partial charge >= 0.3 is 0 Å². The number of hydrogen-bond acceptors (Lipinski definition) is 4. The molecule has 0 bridgehead atoms. The molecule has 0 heterocycles. The molecule has 1 N–H and O–H groups in total. The number of nitro groups is 1. The average molecular weight is 245 g/mol. The number of nitrogens with zero attached hydrogens (tertiary/aromatic N) is 1. The predicted octanol–water partition coefficient (Wildman–Crippen LogP) is 1.98. The zero-order chi connectivity index (χ0) is 12.0. The van der Waals surface area contributed by atoms with Crippen LogP contribution in [0, 0.1) is 10.1 Å². The molecule has 16 heavy (non-hydrogen) atoms. The quantitative estimate of drug-likeness (QED) is 0.472. The second-order valence-corrected chi connectivity index (χ2v) is 3.64. The molecule has 88 valence electrons. The van der Waals surface area contributed by atoms with Crippen molar-refractivity contribution >= 4 is 17.3 Å². The van der Waals surface area contributed by atoms with Crippen LogP contribution in [0.2, 0.25) is 5.02 Å². The van der Waals surface area contributed by atoms with Crippen molar-refractivity contribution in [3.05, 3.63) is 38.9 Å². The summed E-state index contributed by atoms with van der Waals surface area (Å²) in [5.74, 6) is 0. The number of methoxy groups -OCH3 is 1. The van der Waals surface area contributed by atoms with E-state index in [0.29, 0.717) is 30.3 Å². The van der Waals surface area contributed by atoms with Gasteiger partial charge in [0.25, 0.3) is 5.69 Å². The fourth-order valence-electron chi connectivity index (χ4n) is 1.25. The van der Waals surface area contributed by atoms with Gasteiger partial charge in [-0.15, -0.1) is 0 Å². The molecule has 0 aliphatic heterocycles. The van der Waals surface area contributed by atoms with Crippen molar-refractivity contribution in [1.82, 2.24) is 5.32 Å². The summed E-state index contributed by atoms with van der Waals surface area (Å²) in [5, 5.41) is 14.2. The molecule has 5 nitrogen and oxygen atoms in total. The van der Waals surface area contributed by atoms with E-state index in [1.807, 2.05) is 0 Å². The Morgan fingerprint density at radius 2 is 2.31 bits per heavy atom. The molecule has 1 aromatic carbocycles. The Labute approximate surface area is 98.5 Å². The van der Waals surface area contributed by atoms with E-state index in [9.17, 15) is 10.1 Å². The third-order valence-corrected chi connectivity index (χ3v) is 2.28. The molecule has 0 saturated heterocycles. The van der Waals surface area contributed by atoms with Gasteiger partial charge in [-0.2, -0.15) is 0 Å². The summed E-state index contributed by atoms with van der Waals surface area (Å²) < 4.78 is 4.86. The molecule has 1 aromatic rings. The first-order valence-corrected chi connectivity index (χ1v) is 5.15. The first kappa shape index (κ1) is 12.9. The van der Waals surface area contributed by atoms with E-state index in [4.69, 9.17) is 16.3 Å². The normalized spacial score (nSPS) is 10.4. The van der Waals surface area contributed by atoms with Gasteiger partial charge < -0.3 is 10.1 Å². The molecule has 0 aliphatic rings. The van der Waals surface area contributed by atoms with E-state index in [1.165, 1.54) is 6.07 Å². The van der Waals surface area contributed by atoms with Gasteiger partial charge in [-0.3, -0.25) is 10.1 Å². The summed E-state index contributed by atoms with van der Waals surface area (Å²) in [5.41, 5.74) is 0.655. The molecule has 0 amide bonds. The largest absolute Gasteiger partial charge is 0.383 e.